The van der Waals surface area contributed by atoms with Gasteiger partial charge in [-0.25, -0.2) is 13.4 Å². The van der Waals surface area contributed by atoms with Crippen LogP contribution >= 0.6 is 0 Å². The molecule has 10 heteroatoms. The van der Waals surface area contributed by atoms with Crippen LogP contribution in [0.25, 0.3) is 11.0 Å². The highest BCUT2D eigenvalue weighted by atomic mass is 32.2. The first-order chi connectivity index (χ1) is 13.7. The van der Waals surface area contributed by atoms with Gasteiger partial charge in [-0.15, -0.1) is 0 Å². The largest absolute Gasteiger partial charge is 0.341 e. The Morgan fingerprint density at radius 3 is 2.62 bits per heavy atom. The lowest BCUT2D eigenvalue weighted by Crippen LogP contribution is -2.18. The van der Waals surface area contributed by atoms with Crippen molar-refractivity contribution in [3.8, 4) is 0 Å². The molecule has 0 atom stereocenters. The van der Waals surface area contributed by atoms with Crippen LogP contribution in [-0.2, 0) is 16.9 Å². The maximum Gasteiger partial charge on any atom is 0.341 e. The summed E-state index contributed by atoms with van der Waals surface area (Å²) in [6.07, 6.45) is 1.96. The van der Waals surface area contributed by atoms with Crippen molar-refractivity contribution in [2.75, 3.05) is 5.32 Å². The average Bonchev–Trinajstić information content (AvgIpc) is 3.48. The van der Waals surface area contributed by atoms with Gasteiger partial charge in [0.05, 0.1) is 27.2 Å². The molecule has 1 aromatic carbocycles. The standard InChI is InChI=1S/C19H18F2N4O3S/c1-10-16-12(9-14(11-7-8-11)22-17(16)25(2)24-10)18(26)23-13-5-3-4-6-15(13)29(27,28)19(20)21/h3-6,9,11,19H,7-8H2,1-2H3,(H,23,26). The summed E-state index contributed by atoms with van der Waals surface area (Å²) < 4.78 is 51.6. The highest BCUT2D eigenvalue weighted by Crippen LogP contribution is 2.40. The van der Waals surface area contributed by atoms with Crippen LogP contribution in [0, 0.1) is 6.92 Å². The summed E-state index contributed by atoms with van der Waals surface area (Å²) in [5.74, 6) is -3.92. The fraction of sp³-hybridized carbons (Fsp3) is 0.316. The van der Waals surface area contributed by atoms with Crippen molar-refractivity contribution in [2.45, 2.75) is 36.3 Å². The molecule has 2 aromatic heterocycles. The molecule has 0 aliphatic heterocycles. The fourth-order valence-corrected chi connectivity index (χ4v) is 4.22. The molecule has 0 unspecified atom stereocenters. The van der Waals surface area contributed by atoms with Gasteiger partial charge in [0.2, 0.25) is 9.84 Å². The molecule has 7 nitrogen and oxygen atoms in total. The van der Waals surface area contributed by atoms with Gasteiger partial charge in [-0.1, -0.05) is 12.1 Å². The van der Waals surface area contributed by atoms with Gasteiger partial charge in [0.15, 0.2) is 5.65 Å². The number of pyridine rings is 1. The second kappa shape index (κ2) is 6.87. The summed E-state index contributed by atoms with van der Waals surface area (Å²) in [4.78, 5) is 17.1. The number of hydrogen-bond acceptors (Lipinski definition) is 5. The Morgan fingerprint density at radius 2 is 1.97 bits per heavy atom. The molecule has 0 spiro atoms. The number of fused-ring (bicyclic) bond motifs is 1. The number of aryl methyl sites for hydroxylation is 2. The number of amides is 1. The Morgan fingerprint density at radius 1 is 1.28 bits per heavy atom. The molecule has 0 saturated heterocycles. The van der Waals surface area contributed by atoms with Gasteiger partial charge in [0.1, 0.15) is 0 Å². The number of nitrogens with one attached hydrogen (secondary N) is 1. The van der Waals surface area contributed by atoms with Crippen molar-refractivity contribution < 1.29 is 22.0 Å². The molecule has 152 valence electrons. The monoisotopic (exact) mass is 420 g/mol. The third-order valence-corrected chi connectivity index (χ3v) is 6.34. The molecule has 1 aliphatic carbocycles. The first-order valence-electron chi connectivity index (χ1n) is 8.97. The zero-order valence-corrected chi connectivity index (χ0v) is 16.5. The Balaban J connectivity index is 1.80. The zero-order chi connectivity index (χ0) is 20.9. The number of nitrogens with zero attached hydrogens (tertiary/aromatic N) is 3. The number of halogens is 2. The Kier molecular flexibility index (Phi) is 4.60. The van der Waals surface area contributed by atoms with E-state index in [1.165, 1.54) is 18.2 Å². The van der Waals surface area contributed by atoms with Crippen LogP contribution in [0.15, 0.2) is 35.2 Å². The highest BCUT2D eigenvalue weighted by molar-refractivity contribution is 7.91. The van der Waals surface area contributed by atoms with Crippen LogP contribution in [0.5, 0.6) is 0 Å². The number of sulfone groups is 1. The summed E-state index contributed by atoms with van der Waals surface area (Å²) in [5, 5.41) is 7.35. The van der Waals surface area contributed by atoms with E-state index in [1.807, 2.05) is 0 Å². The van der Waals surface area contributed by atoms with Crippen LogP contribution in [0.3, 0.4) is 0 Å². The van der Waals surface area contributed by atoms with Gasteiger partial charge in [0, 0.05) is 18.7 Å². The van der Waals surface area contributed by atoms with Crippen LogP contribution in [-0.4, -0.2) is 34.8 Å². The maximum atomic E-state index is 13.1. The number of carbonyl (C=O) groups is 1. The molecule has 0 bridgehead atoms. The number of carbonyl (C=O) groups excluding carboxylic acids is 1. The highest BCUT2D eigenvalue weighted by Gasteiger charge is 2.31. The summed E-state index contributed by atoms with van der Waals surface area (Å²) in [5.41, 5.74) is 1.99. The quantitative estimate of drug-likeness (QED) is 0.683. The molecule has 1 amide bonds. The summed E-state index contributed by atoms with van der Waals surface area (Å²) in [6, 6.07) is 6.79. The molecule has 1 aliphatic rings. The molecule has 1 fully saturated rings. The molecule has 4 rings (SSSR count). The Labute approximate surface area is 165 Å². The van der Waals surface area contributed by atoms with Crippen molar-refractivity contribution in [1.82, 2.24) is 14.8 Å². The number of alkyl halides is 2. The fourth-order valence-electron chi connectivity index (χ4n) is 3.34. The predicted octanol–water partition coefficient (Wildman–Crippen LogP) is 3.40. The number of rotatable bonds is 5. The minimum absolute atomic E-state index is 0.197. The van der Waals surface area contributed by atoms with Crippen LogP contribution in [0.2, 0.25) is 0 Å². The van der Waals surface area contributed by atoms with E-state index in [4.69, 9.17) is 0 Å². The number of benzene rings is 1. The Bertz CT molecular complexity index is 1230. The van der Waals surface area contributed by atoms with E-state index in [0.717, 1.165) is 24.6 Å². The van der Waals surface area contributed by atoms with E-state index >= 15 is 0 Å². The third-order valence-electron chi connectivity index (χ3n) is 4.91. The minimum Gasteiger partial charge on any atom is -0.321 e. The lowest BCUT2D eigenvalue weighted by Gasteiger charge is -2.12. The molecular formula is C19H18F2N4O3S. The third kappa shape index (κ3) is 3.37. The number of hydrogen-bond donors (Lipinski definition) is 1. The SMILES string of the molecule is Cc1nn(C)c2nc(C3CC3)cc(C(=O)Nc3ccccc3S(=O)(=O)C(F)F)c12. The van der Waals surface area contributed by atoms with Crippen molar-refractivity contribution >= 4 is 32.5 Å². The van der Waals surface area contributed by atoms with E-state index < -0.39 is 26.4 Å². The van der Waals surface area contributed by atoms with Crippen molar-refractivity contribution in [3.05, 3.63) is 47.3 Å². The van der Waals surface area contributed by atoms with Gasteiger partial charge in [-0.3, -0.25) is 9.48 Å². The maximum absolute atomic E-state index is 13.1. The first-order valence-corrected chi connectivity index (χ1v) is 10.5. The average molecular weight is 420 g/mol. The topological polar surface area (TPSA) is 93.9 Å². The van der Waals surface area contributed by atoms with Crippen LogP contribution in [0.4, 0.5) is 14.5 Å². The predicted molar refractivity (Wildman–Crippen MR) is 103 cm³/mol. The molecule has 0 radical (unpaired) electrons. The molecular weight excluding hydrogens is 402 g/mol. The number of para-hydroxylation sites is 1. The summed E-state index contributed by atoms with van der Waals surface area (Å²) >= 11 is 0. The van der Waals surface area contributed by atoms with E-state index in [2.05, 4.69) is 15.4 Å². The lowest BCUT2D eigenvalue weighted by molar-refractivity contribution is 0.102. The molecule has 2 heterocycles. The smallest absolute Gasteiger partial charge is 0.321 e. The molecule has 3 aromatic rings. The second-order valence-corrected chi connectivity index (χ2v) is 8.92. The Hall–Kier alpha value is -2.88. The van der Waals surface area contributed by atoms with Gasteiger partial charge in [0.25, 0.3) is 5.91 Å². The van der Waals surface area contributed by atoms with Gasteiger partial charge in [-0.05, 0) is 38.0 Å². The summed E-state index contributed by atoms with van der Waals surface area (Å²) in [7, 11) is -3.14. The van der Waals surface area contributed by atoms with E-state index in [1.54, 1.807) is 24.7 Å². The van der Waals surface area contributed by atoms with E-state index in [-0.39, 0.29) is 17.2 Å². The summed E-state index contributed by atoms with van der Waals surface area (Å²) in [6.45, 7) is 1.74. The van der Waals surface area contributed by atoms with Crippen molar-refractivity contribution in [2.24, 2.45) is 7.05 Å². The number of aromatic nitrogens is 3. The second-order valence-electron chi connectivity index (χ2n) is 7.03. The lowest BCUT2D eigenvalue weighted by atomic mass is 10.1. The number of anilines is 1. The zero-order valence-electron chi connectivity index (χ0n) is 15.7. The van der Waals surface area contributed by atoms with Gasteiger partial charge in [-0.2, -0.15) is 13.9 Å². The molecule has 29 heavy (non-hydrogen) atoms. The van der Waals surface area contributed by atoms with Crippen molar-refractivity contribution in [1.29, 1.82) is 0 Å². The van der Waals surface area contributed by atoms with Crippen molar-refractivity contribution in [3.63, 3.8) is 0 Å². The van der Waals surface area contributed by atoms with Crippen LogP contribution < -0.4 is 5.32 Å². The van der Waals surface area contributed by atoms with E-state index in [9.17, 15) is 22.0 Å². The first kappa shape index (κ1) is 19.4. The molecule has 1 saturated carbocycles. The van der Waals surface area contributed by atoms with Gasteiger partial charge >= 0.3 is 5.76 Å². The molecule has 1 N–H and O–H groups in total. The minimum atomic E-state index is -4.87. The van der Waals surface area contributed by atoms with Gasteiger partial charge < -0.3 is 5.32 Å². The van der Waals surface area contributed by atoms with E-state index in [0.29, 0.717) is 16.7 Å². The normalized spacial score (nSPS) is 14.5. The van der Waals surface area contributed by atoms with Crippen LogP contribution in [0.1, 0.15) is 40.5 Å².